The van der Waals surface area contributed by atoms with Crippen LogP contribution in [-0.2, 0) is 11.2 Å². The van der Waals surface area contributed by atoms with Crippen molar-refractivity contribution in [2.45, 2.75) is 26.7 Å². The van der Waals surface area contributed by atoms with E-state index in [0.29, 0.717) is 12.0 Å². The summed E-state index contributed by atoms with van der Waals surface area (Å²) in [5.74, 6) is -0.778. The van der Waals surface area contributed by atoms with Gasteiger partial charge in [0.05, 0.1) is 0 Å². The van der Waals surface area contributed by atoms with E-state index in [1.54, 1.807) is 0 Å². The average molecular weight is 202 g/mol. The predicted octanol–water partition coefficient (Wildman–Crippen LogP) is 2.80. The highest BCUT2D eigenvalue weighted by molar-refractivity contribution is 5.97. The summed E-state index contributed by atoms with van der Waals surface area (Å²) in [6.07, 6.45) is 1.50. The van der Waals surface area contributed by atoms with E-state index in [2.05, 4.69) is 13.0 Å². The normalized spacial score (nSPS) is 15.1. The first kappa shape index (κ1) is 9.97. The number of benzene rings is 1. The number of fused-ring (bicyclic) bond motifs is 1. The smallest absolute Gasteiger partial charge is 0.331 e. The number of aryl methyl sites for hydroxylation is 1. The van der Waals surface area contributed by atoms with Gasteiger partial charge in [-0.3, -0.25) is 0 Å². The zero-order chi connectivity index (χ0) is 11.0. The average Bonchev–Trinajstić information content (AvgIpc) is 2.19. The van der Waals surface area contributed by atoms with Crippen molar-refractivity contribution in [1.82, 2.24) is 0 Å². The molecule has 0 spiro atoms. The van der Waals surface area contributed by atoms with Crippen LogP contribution in [0.25, 0.3) is 5.57 Å². The zero-order valence-corrected chi connectivity index (χ0v) is 9.00. The van der Waals surface area contributed by atoms with E-state index in [1.807, 2.05) is 19.1 Å². The molecule has 0 saturated carbocycles. The minimum Gasteiger partial charge on any atom is -0.478 e. The van der Waals surface area contributed by atoms with Gasteiger partial charge in [-0.15, -0.1) is 0 Å². The third-order valence-electron chi connectivity index (χ3n) is 3.15. The van der Waals surface area contributed by atoms with Crippen molar-refractivity contribution < 1.29 is 9.90 Å². The molecule has 0 radical (unpaired) electrons. The van der Waals surface area contributed by atoms with Crippen molar-refractivity contribution in [3.63, 3.8) is 0 Å². The summed E-state index contributed by atoms with van der Waals surface area (Å²) in [5.41, 5.74) is 5.16. The number of aliphatic carboxylic acids is 1. The van der Waals surface area contributed by atoms with Gasteiger partial charge in [0.15, 0.2) is 0 Å². The van der Waals surface area contributed by atoms with Gasteiger partial charge in [-0.2, -0.15) is 0 Å². The van der Waals surface area contributed by atoms with E-state index in [-0.39, 0.29) is 0 Å². The van der Waals surface area contributed by atoms with Gasteiger partial charge in [0.1, 0.15) is 0 Å². The monoisotopic (exact) mass is 202 g/mol. The molecule has 2 heteroatoms. The summed E-state index contributed by atoms with van der Waals surface area (Å²) < 4.78 is 0. The van der Waals surface area contributed by atoms with E-state index in [0.717, 1.165) is 17.6 Å². The molecule has 0 aromatic heterocycles. The van der Waals surface area contributed by atoms with Crippen molar-refractivity contribution in [3.05, 3.63) is 40.5 Å². The molecule has 0 fully saturated rings. The lowest BCUT2D eigenvalue weighted by Crippen LogP contribution is -2.11. The first-order valence-electron chi connectivity index (χ1n) is 5.13. The van der Waals surface area contributed by atoms with Crippen molar-refractivity contribution in [1.29, 1.82) is 0 Å². The molecular formula is C13H14O2. The largest absolute Gasteiger partial charge is 0.478 e. The van der Waals surface area contributed by atoms with E-state index in [1.165, 1.54) is 11.1 Å². The maximum absolute atomic E-state index is 11.0. The molecule has 0 saturated heterocycles. The van der Waals surface area contributed by atoms with Gasteiger partial charge in [-0.25, -0.2) is 4.79 Å². The number of hydrogen-bond acceptors (Lipinski definition) is 1. The lowest BCUT2D eigenvalue weighted by molar-refractivity contribution is -0.132. The van der Waals surface area contributed by atoms with Crippen LogP contribution in [0.4, 0.5) is 0 Å². The number of allylic oxidation sites excluding steroid dienone is 1. The van der Waals surface area contributed by atoms with Crippen LogP contribution < -0.4 is 0 Å². The Bertz CT molecular complexity index is 456. The Kier molecular flexibility index (Phi) is 2.35. The molecule has 0 unspecified atom stereocenters. The minimum atomic E-state index is -0.778. The summed E-state index contributed by atoms with van der Waals surface area (Å²) in [4.78, 5) is 11.0. The summed E-state index contributed by atoms with van der Waals surface area (Å²) in [6, 6.07) is 6.08. The summed E-state index contributed by atoms with van der Waals surface area (Å²) in [7, 11) is 0. The highest BCUT2D eigenvalue weighted by Crippen LogP contribution is 2.32. The Morgan fingerprint density at radius 2 is 2.00 bits per heavy atom. The molecule has 0 amide bonds. The molecule has 15 heavy (non-hydrogen) atoms. The second kappa shape index (κ2) is 3.54. The van der Waals surface area contributed by atoms with Crippen LogP contribution in [-0.4, -0.2) is 11.1 Å². The number of carboxylic acids is 1. The molecule has 2 rings (SSSR count). The minimum absolute atomic E-state index is 0.563. The van der Waals surface area contributed by atoms with Crippen molar-refractivity contribution in [2.75, 3.05) is 0 Å². The molecule has 0 bridgehead atoms. The molecule has 78 valence electrons. The lowest BCUT2D eigenvalue weighted by atomic mass is 9.84. The Balaban J connectivity index is 2.62. The quantitative estimate of drug-likeness (QED) is 0.760. The van der Waals surface area contributed by atoms with Crippen molar-refractivity contribution in [2.24, 2.45) is 0 Å². The molecule has 0 heterocycles. The maximum atomic E-state index is 11.0. The molecular weight excluding hydrogens is 188 g/mol. The highest BCUT2D eigenvalue weighted by Gasteiger charge is 2.20. The molecule has 0 aliphatic heterocycles. The van der Waals surface area contributed by atoms with Gasteiger partial charge in [0.25, 0.3) is 0 Å². The van der Waals surface area contributed by atoms with Gasteiger partial charge in [0.2, 0.25) is 0 Å². The SMILES string of the molecule is CC1=C(C(=O)O)CCc2c(C)cccc21. The standard InChI is InChI=1S/C13H14O2/c1-8-4-3-5-11-9(2)12(13(14)15)7-6-10(8)11/h3-5H,6-7H2,1-2H3,(H,14,15). The lowest BCUT2D eigenvalue weighted by Gasteiger charge is -2.20. The van der Waals surface area contributed by atoms with Gasteiger partial charge in [0, 0.05) is 5.57 Å². The number of hydrogen-bond donors (Lipinski definition) is 1. The third kappa shape index (κ3) is 1.56. The Labute approximate surface area is 89.2 Å². The van der Waals surface area contributed by atoms with E-state index in [9.17, 15) is 4.79 Å². The maximum Gasteiger partial charge on any atom is 0.331 e. The topological polar surface area (TPSA) is 37.3 Å². The Hall–Kier alpha value is -1.57. The third-order valence-corrected chi connectivity index (χ3v) is 3.15. The zero-order valence-electron chi connectivity index (χ0n) is 9.00. The van der Waals surface area contributed by atoms with Gasteiger partial charge >= 0.3 is 5.97 Å². The molecule has 1 aliphatic rings. The number of rotatable bonds is 1. The molecule has 1 aromatic carbocycles. The summed E-state index contributed by atoms with van der Waals surface area (Å²) >= 11 is 0. The van der Waals surface area contributed by atoms with E-state index in [4.69, 9.17) is 5.11 Å². The van der Waals surface area contributed by atoms with Crippen LogP contribution in [0.1, 0.15) is 30.0 Å². The van der Waals surface area contributed by atoms with Crippen LogP contribution in [0.2, 0.25) is 0 Å². The van der Waals surface area contributed by atoms with Crippen LogP contribution in [0.15, 0.2) is 23.8 Å². The van der Waals surface area contributed by atoms with Gasteiger partial charge in [-0.05, 0) is 49.0 Å². The second-order valence-corrected chi connectivity index (χ2v) is 4.01. The Morgan fingerprint density at radius 1 is 1.27 bits per heavy atom. The van der Waals surface area contributed by atoms with Crippen LogP contribution >= 0.6 is 0 Å². The van der Waals surface area contributed by atoms with E-state index >= 15 is 0 Å². The predicted molar refractivity (Wildman–Crippen MR) is 59.7 cm³/mol. The Morgan fingerprint density at radius 3 is 2.67 bits per heavy atom. The fraction of sp³-hybridized carbons (Fsp3) is 0.308. The molecule has 1 aromatic rings. The van der Waals surface area contributed by atoms with Crippen LogP contribution in [0, 0.1) is 6.92 Å². The van der Waals surface area contributed by atoms with E-state index < -0.39 is 5.97 Å². The summed E-state index contributed by atoms with van der Waals surface area (Å²) in [6.45, 7) is 3.98. The van der Waals surface area contributed by atoms with Gasteiger partial charge < -0.3 is 5.11 Å². The number of carbonyl (C=O) groups is 1. The fourth-order valence-corrected chi connectivity index (χ4v) is 2.25. The van der Waals surface area contributed by atoms with Crippen LogP contribution in [0.5, 0.6) is 0 Å². The number of carboxylic acid groups (broad SMARTS) is 1. The van der Waals surface area contributed by atoms with Crippen LogP contribution in [0.3, 0.4) is 0 Å². The van der Waals surface area contributed by atoms with Gasteiger partial charge in [-0.1, -0.05) is 18.2 Å². The fourth-order valence-electron chi connectivity index (χ4n) is 2.25. The molecule has 1 aliphatic carbocycles. The molecule has 2 nitrogen and oxygen atoms in total. The van der Waals surface area contributed by atoms with Crippen molar-refractivity contribution >= 4 is 11.5 Å². The first-order chi connectivity index (χ1) is 7.11. The molecule has 0 atom stereocenters. The van der Waals surface area contributed by atoms with Crippen molar-refractivity contribution in [3.8, 4) is 0 Å². The first-order valence-corrected chi connectivity index (χ1v) is 5.13. The second-order valence-electron chi connectivity index (χ2n) is 4.01. The molecule has 1 N–H and O–H groups in total. The summed E-state index contributed by atoms with van der Waals surface area (Å²) in [5, 5.41) is 9.05. The highest BCUT2D eigenvalue weighted by atomic mass is 16.4.